The van der Waals surface area contributed by atoms with E-state index in [4.69, 9.17) is 9.84 Å². The summed E-state index contributed by atoms with van der Waals surface area (Å²) in [5.74, 6) is -0.899. The van der Waals surface area contributed by atoms with Crippen molar-refractivity contribution in [1.29, 1.82) is 0 Å². The lowest BCUT2D eigenvalue weighted by Gasteiger charge is -2.30. The molecule has 0 aliphatic carbocycles. The molecule has 1 saturated heterocycles. The first kappa shape index (κ1) is 21.4. The van der Waals surface area contributed by atoms with Crippen molar-refractivity contribution < 1.29 is 14.6 Å². The minimum absolute atomic E-state index is 0. The van der Waals surface area contributed by atoms with E-state index < -0.39 is 5.97 Å². The van der Waals surface area contributed by atoms with Crippen LogP contribution in [0.25, 0.3) is 0 Å². The van der Waals surface area contributed by atoms with Crippen LogP contribution in [-0.4, -0.2) is 42.2 Å². The summed E-state index contributed by atoms with van der Waals surface area (Å²) < 4.78 is 5.83. The lowest BCUT2D eigenvalue weighted by molar-refractivity contribution is -0.143. The van der Waals surface area contributed by atoms with Gasteiger partial charge in [-0.1, -0.05) is 54.6 Å². The van der Waals surface area contributed by atoms with E-state index in [1.807, 2.05) is 6.07 Å². The smallest absolute Gasteiger partial charge is 0.307 e. The van der Waals surface area contributed by atoms with E-state index in [0.717, 1.165) is 32.4 Å². The van der Waals surface area contributed by atoms with E-state index in [1.165, 1.54) is 16.7 Å². The number of hydrogen-bond donors (Lipinski definition) is 1. The van der Waals surface area contributed by atoms with Gasteiger partial charge in [-0.2, -0.15) is 0 Å². The van der Waals surface area contributed by atoms with Gasteiger partial charge in [-0.3, -0.25) is 4.79 Å². The molecule has 3 rings (SSSR count). The average Bonchev–Trinajstić information content (AvgIpc) is 2.67. The molecule has 1 fully saturated rings. The van der Waals surface area contributed by atoms with Crippen molar-refractivity contribution in [1.82, 2.24) is 4.90 Å². The number of carboxylic acid groups (broad SMARTS) is 1. The fraction of sp³-hybridized carbons (Fsp3) is 0.409. The highest BCUT2D eigenvalue weighted by molar-refractivity contribution is 5.85. The van der Waals surface area contributed by atoms with Crippen molar-refractivity contribution in [2.75, 3.05) is 26.2 Å². The molecule has 0 saturated carbocycles. The van der Waals surface area contributed by atoms with Gasteiger partial charge in [0.15, 0.2) is 0 Å². The third-order valence-corrected chi connectivity index (χ3v) is 4.92. The van der Waals surface area contributed by atoms with Gasteiger partial charge in [-0.25, -0.2) is 0 Å². The third kappa shape index (κ3) is 6.98. The molecule has 5 heteroatoms. The lowest BCUT2D eigenvalue weighted by atomic mass is 9.98. The van der Waals surface area contributed by atoms with Gasteiger partial charge in [0.25, 0.3) is 0 Å². The SMILES string of the molecule is Cl.O=C(O)[C@@H]1CCCN(CCOCc2cccc(Cc3ccccc3)c2)C1. The molecule has 27 heavy (non-hydrogen) atoms. The van der Waals surface area contributed by atoms with Crippen molar-refractivity contribution >= 4 is 18.4 Å². The molecule has 1 heterocycles. The van der Waals surface area contributed by atoms with Gasteiger partial charge in [-0.05, 0) is 42.5 Å². The number of rotatable bonds is 8. The molecule has 0 amide bonds. The summed E-state index contributed by atoms with van der Waals surface area (Å²) in [6, 6.07) is 19.0. The maximum atomic E-state index is 11.1. The molecule has 4 nitrogen and oxygen atoms in total. The highest BCUT2D eigenvalue weighted by atomic mass is 35.5. The minimum Gasteiger partial charge on any atom is -0.481 e. The summed E-state index contributed by atoms with van der Waals surface area (Å²) in [6.07, 6.45) is 2.68. The van der Waals surface area contributed by atoms with E-state index >= 15 is 0 Å². The van der Waals surface area contributed by atoms with E-state index in [9.17, 15) is 4.79 Å². The molecule has 1 aliphatic heterocycles. The summed E-state index contributed by atoms with van der Waals surface area (Å²) in [6.45, 7) is 3.65. The van der Waals surface area contributed by atoms with Crippen molar-refractivity contribution in [3.63, 3.8) is 0 Å². The van der Waals surface area contributed by atoms with Crippen LogP contribution in [0.4, 0.5) is 0 Å². The second-order valence-corrected chi connectivity index (χ2v) is 7.01. The topological polar surface area (TPSA) is 49.8 Å². The summed E-state index contributed by atoms with van der Waals surface area (Å²) in [7, 11) is 0. The Morgan fingerprint density at radius 1 is 1.07 bits per heavy atom. The number of hydrogen-bond acceptors (Lipinski definition) is 3. The Balaban J connectivity index is 0.00000261. The Kier molecular flexibility index (Phi) is 8.79. The van der Waals surface area contributed by atoms with Crippen molar-refractivity contribution in [3.05, 3.63) is 71.3 Å². The first-order valence-corrected chi connectivity index (χ1v) is 9.35. The Morgan fingerprint density at radius 2 is 1.81 bits per heavy atom. The maximum absolute atomic E-state index is 11.1. The van der Waals surface area contributed by atoms with E-state index in [-0.39, 0.29) is 18.3 Å². The van der Waals surface area contributed by atoms with Crippen LogP contribution in [0.2, 0.25) is 0 Å². The van der Waals surface area contributed by atoms with Crippen LogP contribution in [0.1, 0.15) is 29.5 Å². The summed E-state index contributed by atoms with van der Waals surface area (Å²) in [5.41, 5.74) is 3.78. The molecule has 2 aromatic carbocycles. The number of piperidine rings is 1. The Morgan fingerprint density at radius 3 is 2.59 bits per heavy atom. The molecule has 1 atom stereocenters. The van der Waals surface area contributed by atoms with Crippen LogP contribution < -0.4 is 0 Å². The van der Waals surface area contributed by atoms with Crippen LogP contribution in [0.3, 0.4) is 0 Å². The Bertz CT molecular complexity index is 708. The number of likely N-dealkylation sites (tertiary alicyclic amines) is 1. The molecule has 2 aromatic rings. The normalized spacial score (nSPS) is 17.3. The van der Waals surface area contributed by atoms with Gasteiger partial charge in [0.1, 0.15) is 0 Å². The Hall–Kier alpha value is -1.88. The van der Waals surface area contributed by atoms with Crippen LogP contribution in [-0.2, 0) is 22.6 Å². The number of carbonyl (C=O) groups is 1. The first-order chi connectivity index (χ1) is 12.7. The summed E-state index contributed by atoms with van der Waals surface area (Å²) in [5, 5.41) is 9.15. The molecule has 1 aliphatic rings. The number of nitrogens with zero attached hydrogens (tertiary/aromatic N) is 1. The third-order valence-electron chi connectivity index (χ3n) is 4.92. The second kappa shape index (κ2) is 11.1. The Labute approximate surface area is 167 Å². The number of aliphatic carboxylic acids is 1. The zero-order valence-electron chi connectivity index (χ0n) is 15.5. The fourth-order valence-corrected chi connectivity index (χ4v) is 3.50. The molecule has 0 spiro atoms. The van der Waals surface area contributed by atoms with Crippen LogP contribution in [0.15, 0.2) is 54.6 Å². The van der Waals surface area contributed by atoms with E-state index in [0.29, 0.717) is 19.8 Å². The van der Waals surface area contributed by atoms with Gasteiger partial charge in [0.05, 0.1) is 19.1 Å². The van der Waals surface area contributed by atoms with E-state index in [1.54, 1.807) is 0 Å². The summed E-state index contributed by atoms with van der Waals surface area (Å²) >= 11 is 0. The van der Waals surface area contributed by atoms with Crippen molar-refractivity contribution in [2.24, 2.45) is 5.92 Å². The highest BCUT2D eigenvalue weighted by Crippen LogP contribution is 2.16. The van der Waals surface area contributed by atoms with Crippen LogP contribution in [0.5, 0.6) is 0 Å². The predicted molar refractivity (Wildman–Crippen MR) is 109 cm³/mol. The second-order valence-electron chi connectivity index (χ2n) is 7.01. The first-order valence-electron chi connectivity index (χ1n) is 9.35. The summed E-state index contributed by atoms with van der Waals surface area (Å²) in [4.78, 5) is 13.3. The molecule has 146 valence electrons. The van der Waals surface area contributed by atoms with Gasteiger partial charge >= 0.3 is 5.97 Å². The standard InChI is InChI=1S/C22H27NO3.ClH/c24-22(25)21-10-5-11-23(16-21)12-13-26-17-20-9-4-8-19(15-20)14-18-6-2-1-3-7-18;/h1-4,6-9,15,21H,5,10-14,16-17H2,(H,24,25);1H/t21-;/m1./s1. The van der Waals surface area contributed by atoms with Crippen LogP contribution in [0, 0.1) is 5.92 Å². The number of benzene rings is 2. The lowest BCUT2D eigenvalue weighted by Crippen LogP contribution is -2.40. The molecule has 0 unspecified atom stereocenters. The molecule has 0 radical (unpaired) electrons. The van der Waals surface area contributed by atoms with Crippen molar-refractivity contribution in [2.45, 2.75) is 25.9 Å². The van der Waals surface area contributed by atoms with Crippen LogP contribution >= 0.6 is 12.4 Å². The van der Waals surface area contributed by atoms with Gasteiger partial charge < -0.3 is 14.7 Å². The number of ether oxygens (including phenoxy) is 1. The van der Waals surface area contributed by atoms with E-state index in [2.05, 4.69) is 53.4 Å². The van der Waals surface area contributed by atoms with Gasteiger partial charge in [-0.15, -0.1) is 12.4 Å². The predicted octanol–water partition coefficient (Wildman–Crippen LogP) is 4.01. The number of carboxylic acids is 1. The molecular formula is C22H28ClNO3. The largest absolute Gasteiger partial charge is 0.481 e. The monoisotopic (exact) mass is 389 g/mol. The molecule has 0 bridgehead atoms. The molecular weight excluding hydrogens is 362 g/mol. The fourth-order valence-electron chi connectivity index (χ4n) is 3.50. The number of halogens is 1. The molecule has 1 N–H and O–H groups in total. The average molecular weight is 390 g/mol. The minimum atomic E-state index is -0.675. The van der Waals surface area contributed by atoms with Crippen molar-refractivity contribution in [3.8, 4) is 0 Å². The maximum Gasteiger partial charge on any atom is 0.307 e. The zero-order chi connectivity index (χ0) is 18.2. The zero-order valence-corrected chi connectivity index (χ0v) is 16.4. The quantitative estimate of drug-likeness (QED) is 0.693. The molecule has 0 aromatic heterocycles. The highest BCUT2D eigenvalue weighted by Gasteiger charge is 2.24. The van der Waals surface area contributed by atoms with Gasteiger partial charge in [0.2, 0.25) is 0 Å². The van der Waals surface area contributed by atoms with Gasteiger partial charge in [0, 0.05) is 13.1 Å².